The first-order chi connectivity index (χ1) is 17.0. The van der Waals surface area contributed by atoms with Crippen LogP contribution in [0.3, 0.4) is 0 Å². The molecule has 0 radical (unpaired) electrons. The van der Waals surface area contributed by atoms with Crippen LogP contribution in [0.5, 0.6) is 0 Å². The van der Waals surface area contributed by atoms with Crippen LogP contribution in [0.2, 0.25) is 0 Å². The monoisotopic (exact) mass is 596 g/mol. The van der Waals surface area contributed by atoms with Crippen LogP contribution in [-0.4, -0.2) is 32.1 Å². The molecule has 178 valence electrons. The fourth-order valence-corrected chi connectivity index (χ4v) is 4.66. The van der Waals surface area contributed by atoms with Gasteiger partial charge in [0.1, 0.15) is 0 Å². The largest absolute Gasteiger partial charge is 0.378 e. The summed E-state index contributed by atoms with van der Waals surface area (Å²) in [6.07, 6.45) is 3.47. The molecule has 1 amide bonds. The van der Waals surface area contributed by atoms with Crippen LogP contribution in [0.4, 0.5) is 5.69 Å². The van der Waals surface area contributed by atoms with E-state index < -0.39 is 5.25 Å². The van der Waals surface area contributed by atoms with Crippen molar-refractivity contribution in [3.8, 4) is 0 Å². The Bertz CT molecular complexity index is 1350. The van der Waals surface area contributed by atoms with Crippen molar-refractivity contribution in [3.63, 3.8) is 0 Å². The van der Waals surface area contributed by atoms with Gasteiger partial charge in [-0.1, -0.05) is 60.3 Å². The summed E-state index contributed by atoms with van der Waals surface area (Å²) in [6.45, 7) is 6.73. The van der Waals surface area contributed by atoms with Gasteiger partial charge in [0.15, 0.2) is 11.0 Å². The number of allylic oxidation sites excluding steroid dienone is 1. The average molecular weight is 596 g/mol. The van der Waals surface area contributed by atoms with Crippen molar-refractivity contribution in [3.05, 3.63) is 94.3 Å². The molecule has 2 N–H and O–H groups in total. The number of halogens is 1. The van der Waals surface area contributed by atoms with E-state index in [2.05, 4.69) is 55.2 Å². The van der Waals surface area contributed by atoms with Crippen molar-refractivity contribution in [2.24, 2.45) is 5.10 Å². The Morgan fingerprint density at radius 1 is 1.14 bits per heavy atom. The number of hydrogen-bond acceptors (Lipinski definition) is 6. The molecule has 1 aromatic heterocycles. The van der Waals surface area contributed by atoms with Gasteiger partial charge in [-0.05, 0) is 64.6 Å². The SMILES string of the molecule is C=CCn1c(CNc2ccc(I)cc2)nnc1SC(C)C(=O)NN=Cc1cccc2ccccc12. The molecule has 0 fully saturated rings. The number of hydrogen-bond donors (Lipinski definition) is 2. The second-order valence-corrected chi connectivity index (χ2v) is 10.3. The number of nitrogens with zero attached hydrogens (tertiary/aromatic N) is 4. The zero-order valence-corrected chi connectivity index (χ0v) is 22.2. The molecule has 1 unspecified atom stereocenters. The average Bonchev–Trinajstić information content (AvgIpc) is 3.25. The van der Waals surface area contributed by atoms with E-state index in [1.54, 1.807) is 12.3 Å². The van der Waals surface area contributed by atoms with Gasteiger partial charge in [0.25, 0.3) is 5.91 Å². The van der Waals surface area contributed by atoms with Gasteiger partial charge in [-0.2, -0.15) is 5.10 Å². The van der Waals surface area contributed by atoms with Gasteiger partial charge in [0, 0.05) is 21.4 Å². The molecular weight excluding hydrogens is 571 g/mol. The molecule has 0 saturated heterocycles. The van der Waals surface area contributed by atoms with E-state index in [0.717, 1.165) is 27.8 Å². The zero-order chi connectivity index (χ0) is 24.6. The highest BCUT2D eigenvalue weighted by Crippen LogP contribution is 2.23. The first-order valence-electron chi connectivity index (χ1n) is 11.0. The van der Waals surface area contributed by atoms with Gasteiger partial charge >= 0.3 is 0 Å². The van der Waals surface area contributed by atoms with Gasteiger partial charge in [-0.25, -0.2) is 5.43 Å². The number of carbonyl (C=O) groups is 1. The summed E-state index contributed by atoms with van der Waals surface area (Å²) in [5.41, 5.74) is 4.59. The maximum atomic E-state index is 12.7. The Labute approximate surface area is 222 Å². The molecule has 0 aliphatic carbocycles. The summed E-state index contributed by atoms with van der Waals surface area (Å²) in [5, 5.41) is 18.6. The first kappa shape index (κ1) is 24.9. The Kier molecular flexibility index (Phi) is 8.54. The number of thioether (sulfide) groups is 1. The number of hydrazone groups is 1. The van der Waals surface area contributed by atoms with Crippen molar-refractivity contribution >= 4 is 62.9 Å². The number of fused-ring (bicyclic) bond motifs is 1. The van der Waals surface area contributed by atoms with E-state index in [-0.39, 0.29) is 5.91 Å². The molecule has 4 aromatic rings. The summed E-state index contributed by atoms with van der Waals surface area (Å²) in [7, 11) is 0. The highest BCUT2D eigenvalue weighted by atomic mass is 127. The third-order valence-electron chi connectivity index (χ3n) is 5.25. The summed E-state index contributed by atoms with van der Waals surface area (Å²) >= 11 is 3.62. The van der Waals surface area contributed by atoms with Crippen LogP contribution in [0, 0.1) is 3.57 Å². The number of carbonyl (C=O) groups excluding carboxylic acids is 1. The third-order valence-corrected chi connectivity index (χ3v) is 7.05. The molecule has 3 aromatic carbocycles. The second kappa shape index (κ2) is 12.0. The quantitative estimate of drug-likeness (QED) is 0.0835. The van der Waals surface area contributed by atoms with Gasteiger partial charge in [0.2, 0.25) is 0 Å². The minimum atomic E-state index is -0.413. The van der Waals surface area contributed by atoms with E-state index >= 15 is 0 Å². The summed E-state index contributed by atoms with van der Waals surface area (Å²) in [6, 6.07) is 22.2. The zero-order valence-electron chi connectivity index (χ0n) is 19.2. The van der Waals surface area contributed by atoms with E-state index in [0.29, 0.717) is 18.2 Å². The van der Waals surface area contributed by atoms with E-state index in [1.165, 1.54) is 15.3 Å². The topological polar surface area (TPSA) is 84.2 Å². The highest BCUT2D eigenvalue weighted by Gasteiger charge is 2.19. The van der Waals surface area contributed by atoms with Crippen molar-refractivity contribution in [2.75, 3.05) is 5.32 Å². The first-order valence-corrected chi connectivity index (χ1v) is 13.0. The molecule has 7 nitrogen and oxygen atoms in total. The molecule has 0 spiro atoms. The second-order valence-electron chi connectivity index (χ2n) is 7.72. The van der Waals surface area contributed by atoms with Crippen molar-refractivity contribution in [1.29, 1.82) is 0 Å². The van der Waals surface area contributed by atoms with Crippen LogP contribution < -0.4 is 10.7 Å². The summed E-state index contributed by atoms with van der Waals surface area (Å²) in [4.78, 5) is 12.7. The van der Waals surface area contributed by atoms with Crippen molar-refractivity contribution < 1.29 is 4.79 Å². The molecule has 0 aliphatic heterocycles. The van der Waals surface area contributed by atoms with Crippen LogP contribution in [0.1, 0.15) is 18.3 Å². The van der Waals surface area contributed by atoms with Crippen molar-refractivity contribution in [1.82, 2.24) is 20.2 Å². The Morgan fingerprint density at radius 3 is 2.71 bits per heavy atom. The lowest BCUT2D eigenvalue weighted by Crippen LogP contribution is -2.27. The number of amides is 1. The Balaban J connectivity index is 1.38. The molecule has 0 aliphatic rings. The van der Waals surface area contributed by atoms with Gasteiger partial charge in [0.05, 0.1) is 18.0 Å². The van der Waals surface area contributed by atoms with E-state index in [9.17, 15) is 4.79 Å². The van der Waals surface area contributed by atoms with Crippen LogP contribution in [-0.2, 0) is 17.9 Å². The molecule has 0 bridgehead atoms. The standard InChI is InChI=1S/C26H25IN6OS/c1-3-15-33-24(17-28-22-13-11-21(27)12-14-22)30-32-26(33)35-18(2)25(34)31-29-16-20-9-6-8-19-7-4-5-10-23(19)20/h3-14,16,18,28H,1,15,17H2,2H3,(H,31,34). The lowest BCUT2D eigenvalue weighted by molar-refractivity contribution is -0.120. The van der Waals surface area contributed by atoms with Gasteiger partial charge in [-0.15, -0.1) is 16.8 Å². The minimum Gasteiger partial charge on any atom is -0.378 e. The fraction of sp³-hybridized carbons (Fsp3) is 0.154. The lowest BCUT2D eigenvalue weighted by atomic mass is 10.1. The molecule has 0 saturated carbocycles. The molecule has 4 rings (SSSR count). The summed E-state index contributed by atoms with van der Waals surface area (Å²) < 4.78 is 3.14. The Hall–Kier alpha value is -3.18. The molecule has 35 heavy (non-hydrogen) atoms. The van der Waals surface area contributed by atoms with Crippen LogP contribution >= 0.6 is 34.4 Å². The lowest BCUT2D eigenvalue weighted by Gasteiger charge is -2.12. The maximum Gasteiger partial charge on any atom is 0.253 e. The predicted molar refractivity (Wildman–Crippen MR) is 152 cm³/mol. The highest BCUT2D eigenvalue weighted by molar-refractivity contribution is 14.1. The summed E-state index contributed by atoms with van der Waals surface area (Å²) in [5.74, 6) is 0.561. The van der Waals surface area contributed by atoms with Gasteiger partial charge < -0.3 is 9.88 Å². The Morgan fingerprint density at radius 2 is 1.91 bits per heavy atom. The molecule has 1 atom stereocenters. The number of rotatable bonds is 10. The van der Waals surface area contributed by atoms with Crippen LogP contribution in [0.25, 0.3) is 10.8 Å². The smallest absolute Gasteiger partial charge is 0.253 e. The number of benzene rings is 3. The maximum absolute atomic E-state index is 12.7. The predicted octanol–water partition coefficient (Wildman–Crippen LogP) is 5.46. The number of nitrogens with one attached hydrogen (secondary N) is 2. The normalized spacial score (nSPS) is 12.1. The van der Waals surface area contributed by atoms with Gasteiger partial charge in [-0.3, -0.25) is 4.79 Å². The van der Waals surface area contributed by atoms with E-state index in [4.69, 9.17) is 0 Å². The minimum absolute atomic E-state index is 0.210. The number of aromatic nitrogens is 3. The fourth-order valence-electron chi connectivity index (χ4n) is 3.43. The number of anilines is 1. The molecule has 9 heteroatoms. The third kappa shape index (κ3) is 6.49. The van der Waals surface area contributed by atoms with E-state index in [1.807, 2.05) is 78.2 Å². The van der Waals surface area contributed by atoms with Crippen molar-refractivity contribution in [2.45, 2.75) is 30.4 Å². The molecular formula is C26H25IN6OS. The molecule has 1 heterocycles. The van der Waals surface area contributed by atoms with Crippen LogP contribution in [0.15, 0.2) is 89.6 Å².